The van der Waals surface area contributed by atoms with E-state index in [9.17, 15) is 13.2 Å². The highest BCUT2D eigenvalue weighted by Crippen LogP contribution is 2.39. The predicted molar refractivity (Wildman–Crippen MR) is 127 cm³/mol. The molecule has 0 fully saturated rings. The molecule has 0 bridgehead atoms. The number of nitrogens with one attached hydrogen (secondary N) is 1. The van der Waals surface area contributed by atoms with Crippen LogP contribution in [-0.2, 0) is 21.5 Å². The number of nitrogens with zero attached hydrogens (tertiary/aromatic N) is 1. The van der Waals surface area contributed by atoms with Crippen molar-refractivity contribution in [1.29, 1.82) is 0 Å². The number of hydrogen-bond donors (Lipinski definition) is 1. The summed E-state index contributed by atoms with van der Waals surface area (Å²) < 4.78 is 42.1. The van der Waals surface area contributed by atoms with Gasteiger partial charge < -0.3 is 19.5 Å². The molecule has 3 aromatic rings. The van der Waals surface area contributed by atoms with Gasteiger partial charge in [-0.15, -0.1) is 0 Å². The average Bonchev–Trinajstić information content (AvgIpc) is 2.87. The monoisotopic (exact) mass is 486 g/mol. The Hall–Kier alpha value is -3.60. The van der Waals surface area contributed by atoms with Crippen LogP contribution in [0.2, 0.25) is 0 Å². The lowest BCUT2D eigenvalue weighted by Crippen LogP contribution is -2.25. The van der Waals surface area contributed by atoms with Gasteiger partial charge in [0.15, 0.2) is 11.5 Å². The zero-order valence-electron chi connectivity index (χ0n) is 19.3. The summed E-state index contributed by atoms with van der Waals surface area (Å²) in [5, 5.41) is 2.73. The van der Waals surface area contributed by atoms with Gasteiger partial charge in [0.1, 0.15) is 6.61 Å². The number of ether oxygens (including phenoxy) is 3. The summed E-state index contributed by atoms with van der Waals surface area (Å²) in [5.41, 5.74) is 1.65. The molecular weight excluding hydrogens is 460 g/mol. The first kappa shape index (κ1) is 25.0. The quantitative estimate of drug-likeness (QED) is 0.436. The van der Waals surface area contributed by atoms with Gasteiger partial charge >= 0.3 is 0 Å². The number of sulfonamides is 1. The molecule has 0 heterocycles. The van der Waals surface area contributed by atoms with Crippen LogP contribution in [0.25, 0.3) is 0 Å². The zero-order valence-corrected chi connectivity index (χ0v) is 20.1. The third-order valence-electron chi connectivity index (χ3n) is 4.95. The fourth-order valence-electron chi connectivity index (χ4n) is 3.04. The number of hydroxylamine groups is 1. The Kier molecular flexibility index (Phi) is 8.11. The van der Waals surface area contributed by atoms with Gasteiger partial charge in [-0.2, -0.15) is 0 Å². The molecule has 3 aromatic carbocycles. The highest BCUT2D eigenvalue weighted by molar-refractivity contribution is 7.89. The van der Waals surface area contributed by atoms with Crippen molar-refractivity contribution in [2.75, 3.05) is 33.7 Å². The molecule has 0 aliphatic rings. The van der Waals surface area contributed by atoms with Crippen molar-refractivity contribution in [3.8, 4) is 17.2 Å². The molecule has 0 aliphatic carbocycles. The van der Waals surface area contributed by atoms with E-state index in [1.807, 2.05) is 30.3 Å². The Bertz CT molecular complexity index is 1200. The van der Waals surface area contributed by atoms with Crippen LogP contribution in [-0.4, -0.2) is 47.2 Å². The van der Waals surface area contributed by atoms with Crippen molar-refractivity contribution in [1.82, 2.24) is 4.47 Å². The highest BCUT2D eigenvalue weighted by atomic mass is 32.2. The van der Waals surface area contributed by atoms with Crippen molar-refractivity contribution in [2.45, 2.75) is 11.5 Å². The van der Waals surface area contributed by atoms with Crippen LogP contribution in [0.4, 0.5) is 5.69 Å². The second-order valence-electron chi connectivity index (χ2n) is 7.06. The van der Waals surface area contributed by atoms with Crippen molar-refractivity contribution >= 4 is 21.6 Å². The Morgan fingerprint density at radius 2 is 1.50 bits per heavy atom. The lowest BCUT2D eigenvalue weighted by atomic mass is 10.1. The number of methoxy groups -OCH3 is 2. The van der Waals surface area contributed by atoms with Gasteiger partial charge in [0, 0.05) is 18.3 Å². The summed E-state index contributed by atoms with van der Waals surface area (Å²) in [6.07, 6.45) is 0. The maximum atomic E-state index is 12.9. The van der Waals surface area contributed by atoms with Crippen molar-refractivity contribution < 1.29 is 32.3 Å². The lowest BCUT2D eigenvalue weighted by Gasteiger charge is -2.16. The first-order valence-electron chi connectivity index (χ1n) is 10.2. The van der Waals surface area contributed by atoms with E-state index in [0.29, 0.717) is 29.5 Å². The molecule has 0 saturated carbocycles. The van der Waals surface area contributed by atoms with E-state index < -0.39 is 15.9 Å². The number of carbonyl (C=O) groups is 1. The largest absolute Gasteiger partial charge is 0.493 e. The fourth-order valence-corrected chi connectivity index (χ4v) is 4.02. The third kappa shape index (κ3) is 5.66. The first-order valence-corrected chi connectivity index (χ1v) is 11.6. The molecule has 34 heavy (non-hydrogen) atoms. The summed E-state index contributed by atoms with van der Waals surface area (Å²) in [4.78, 5) is 17.7. The standard InChI is InChI=1S/C24H26N2O7S/c1-26(32-4)34(28,29)20-12-10-19(11-13-20)25-24(27)18-14-21(30-2)23(22(15-18)31-3)33-16-17-8-6-5-7-9-17/h5-15H,16H2,1-4H3,(H,25,27). The Morgan fingerprint density at radius 1 is 0.912 bits per heavy atom. The second-order valence-corrected chi connectivity index (χ2v) is 9.00. The number of hydrogen-bond acceptors (Lipinski definition) is 7. The Morgan fingerprint density at radius 3 is 2.03 bits per heavy atom. The predicted octanol–water partition coefficient (Wildman–Crippen LogP) is 3.72. The van der Waals surface area contributed by atoms with Crippen molar-refractivity contribution in [2.24, 2.45) is 0 Å². The molecule has 0 aromatic heterocycles. The molecule has 0 atom stereocenters. The van der Waals surface area contributed by atoms with Gasteiger partial charge in [-0.25, -0.2) is 8.42 Å². The summed E-state index contributed by atoms with van der Waals surface area (Å²) in [6, 6.07) is 18.4. The van der Waals surface area contributed by atoms with Crippen LogP contribution in [0, 0.1) is 0 Å². The summed E-state index contributed by atoms with van der Waals surface area (Å²) in [5.74, 6) is 0.618. The zero-order chi connectivity index (χ0) is 24.7. The summed E-state index contributed by atoms with van der Waals surface area (Å²) in [7, 11) is 1.71. The van der Waals surface area contributed by atoms with Gasteiger partial charge in [-0.05, 0) is 42.0 Å². The normalized spacial score (nSPS) is 11.2. The van der Waals surface area contributed by atoms with E-state index in [0.717, 1.165) is 10.0 Å². The number of anilines is 1. The molecule has 3 rings (SSSR count). The highest BCUT2D eigenvalue weighted by Gasteiger charge is 2.21. The van der Waals surface area contributed by atoms with Crippen molar-refractivity contribution in [3.63, 3.8) is 0 Å². The molecule has 0 spiro atoms. The maximum absolute atomic E-state index is 12.9. The average molecular weight is 487 g/mol. The molecule has 1 amide bonds. The maximum Gasteiger partial charge on any atom is 0.264 e. The van der Waals surface area contributed by atoms with Crippen molar-refractivity contribution in [3.05, 3.63) is 77.9 Å². The Labute approximate surface area is 198 Å². The lowest BCUT2D eigenvalue weighted by molar-refractivity contribution is -0.0258. The molecule has 180 valence electrons. The van der Waals surface area contributed by atoms with Gasteiger partial charge in [0.2, 0.25) is 5.75 Å². The topological polar surface area (TPSA) is 103 Å². The SMILES string of the molecule is COc1cc(C(=O)Nc2ccc(S(=O)(=O)N(C)OC)cc2)cc(OC)c1OCc1ccccc1. The van der Waals surface area contributed by atoms with Crippen LogP contribution < -0.4 is 19.5 Å². The van der Waals surface area contributed by atoms with Crippen LogP contribution in [0.15, 0.2) is 71.6 Å². The fraction of sp³-hybridized carbons (Fsp3) is 0.208. The molecular formula is C24H26N2O7S. The molecule has 10 heteroatoms. The summed E-state index contributed by atoms with van der Waals surface area (Å²) >= 11 is 0. The molecule has 0 aliphatic heterocycles. The van der Waals surface area contributed by atoms with E-state index in [2.05, 4.69) is 5.32 Å². The smallest absolute Gasteiger partial charge is 0.264 e. The van der Waals surface area contributed by atoms with Crippen LogP contribution in [0.5, 0.6) is 17.2 Å². The minimum atomic E-state index is -3.78. The minimum absolute atomic E-state index is 0.0260. The molecule has 0 radical (unpaired) electrons. The third-order valence-corrected chi connectivity index (χ3v) is 6.65. The second kappa shape index (κ2) is 11.0. The van der Waals surface area contributed by atoms with Crippen LogP contribution >= 0.6 is 0 Å². The molecule has 9 nitrogen and oxygen atoms in total. The van der Waals surface area contributed by atoms with Crippen LogP contribution in [0.1, 0.15) is 15.9 Å². The molecule has 0 saturated heterocycles. The number of benzene rings is 3. The van der Waals surface area contributed by atoms with E-state index in [4.69, 9.17) is 19.0 Å². The number of carbonyl (C=O) groups excluding carboxylic acids is 1. The van der Waals surface area contributed by atoms with Crippen LogP contribution in [0.3, 0.4) is 0 Å². The van der Waals surface area contributed by atoms with E-state index in [1.54, 1.807) is 12.1 Å². The summed E-state index contributed by atoms with van der Waals surface area (Å²) in [6.45, 7) is 0.298. The molecule has 0 unspecified atom stereocenters. The number of rotatable bonds is 10. The first-order chi connectivity index (χ1) is 16.3. The van der Waals surface area contributed by atoms with Gasteiger partial charge in [0.25, 0.3) is 15.9 Å². The van der Waals surface area contributed by atoms with Gasteiger partial charge in [0.05, 0.1) is 26.2 Å². The number of amides is 1. The van der Waals surface area contributed by atoms with E-state index in [1.165, 1.54) is 52.6 Å². The molecule has 1 N–H and O–H groups in total. The van der Waals surface area contributed by atoms with Gasteiger partial charge in [-0.3, -0.25) is 9.63 Å². The Balaban J connectivity index is 1.79. The van der Waals surface area contributed by atoms with E-state index in [-0.39, 0.29) is 10.5 Å². The van der Waals surface area contributed by atoms with E-state index >= 15 is 0 Å². The van der Waals surface area contributed by atoms with Gasteiger partial charge in [-0.1, -0.05) is 34.8 Å². The minimum Gasteiger partial charge on any atom is -0.493 e.